The summed E-state index contributed by atoms with van der Waals surface area (Å²) in [5.41, 5.74) is 4.80. The lowest BCUT2D eigenvalue weighted by molar-refractivity contribution is 0.0696. The van der Waals surface area contributed by atoms with Crippen molar-refractivity contribution in [1.82, 2.24) is 0 Å². The van der Waals surface area contributed by atoms with Gasteiger partial charge in [-0.1, -0.05) is 12.1 Å². The maximum absolute atomic E-state index is 11.0. The van der Waals surface area contributed by atoms with Crippen LogP contribution in [0.4, 0.5) is 0 Å². The number of rotatable bonds is 2. The Labute approximate surface area is 112 Å². The maximum atomic E-state index is 11.0. The monoisotopic (exact) mass is 256 g/mol. The standard InChI is InChI=1S/C16H16O3/c1-9-7-12(16(18)19)8-10(2)15(9)13-5-4-6-14(17)11(13)3/h4-8,17H,1-3H3,(H,18,19). The highest BCUT2D eigenvalue weighted by molar-refractivity contribution is 5.90. The molecule has 0 amide bonds. The quantitative estimate of drug-likeness (QED) is 0.861. The molecule has 2 aromatic rings. The smallest absolute Gasteiger partial charge is 0.335 e. The van der Waals surface area contributed by atoms with E-state index in [0.717, 1.165) is 27.8 Å². The fraction of sp³-hybridized carbons (Fsp3) is 0.188. The topological polar surface area (TPSA) is 57.5 Å². The van der Waals surface area contributed by atoms with Crippen LogP contribution in [0.2, 0.25) is 0 Å². The third kappa shape index (κ3) is 2.32. The molecule has 3 heteroatoms. The van der Waals surface area contributed by atoms with Gasteiger partial charge in [-0.3, -0.25) is 0 Å². The minimum Gasteiger partial charge on any atom is -0.508 e. The molecule has 0 saturated heterocycles. The van der Waals surface area contributed by atoms with Crippen LogP contribution in [0.5, 0.6) is 5.75 Å². The van der Waals surface area contributed by atoms with Crippen molar-refractivity contribution in [3.05, 3.63) is 52.6 Å². The molecule has 3 nitrogen and oxygen atoms in total. The van der Waals surface area contributed by atoms with Crippen LogP contribution in [0, 0.1) is 20.8 Å². The first-order valence-corrected chi connectivity index (χ1v) is 6.05. The molecule has 0 aliphatic heterocycles. The van der Waals surface area contributed by atoms with E-state index in [-0.39, 0.29) is 11.3 Å². The van der Waals surface area contributed by atoms with Crippen LogP contribution in [-0.4, -0.2) is 16.2 Å². The number of benzene rings is 2. The average molecular weight is 256 g/mol. The Morgan fingerprint density at radius 2 is 1.63 bits per heavy atom. The Hall–Kier alpha value is -2.29. The first-order chi connectivity index (χ1) is 8.91. The molecule has 0 atom stereocenters. The van der Waals surface area contributed by atoms with Gasteiger partial charge in [0.05, 0.1) is 5.56 Å². The van der Waals surface area contributed by atoms with Gasteiger partial charge in [0, 0.05) is 0 Å². The van der Waals surface area contributed by atoms with E-state index in [1.165, 1.54) is 0 Å². The minimum absolute atomic E-state index is 0.249. The van der Waals surface area contributed by atoms with Crippen LogP contribution in [0.25, 0.3) is 11.1 Å². The molecule has 19 heavy (non-hydrogen) atoms. The van der Waals surface area contributed by atoms with E-state index in [1.807, 2.05) is 26.8 Å². The highest BCUT2D eigenvalue weighted by atomic mass is 16.4. The second-order valence-electron chi connectivity index (χ2n) is 4.74. The number of hydrogen-bond donors (Lipinski definition) is 2. The van der Waals surface area contributed by atoms with Gasteiger partial charge in [-0.25, -0.2) is 4.79 Å². The molecule has 0 heterocycles. The average Bonchev–Trinajstić information content (AvgIpc) is 2.33. The summed E-state index contributed by atoms with van der Waals surface area (Å²) < 4.78 is 0. The van der Waals surface area contributed by atoms with Gasteiger partial charge in [-0.2, -0.15) is 0 Å². The molecule has 0 unspecified atom stereocenters. The number of carboxylic acids is 1. The lowest BCUT2D eigenvalue weighted by Gasteiger charge is -2.14. The molecular weight excluding hydrogens is 240 g/mol. The van der Waals surface area contributed by atoms with E-state index in [0.29, 0.717) is 0 Å². The highest BCUT2D eigenvalue weighted by Crippen LogP contribution is 2.34. The van der Waals surface area contributed by atoms with Gasteiger partial charge < -0.3 is 10.2 Å². The second kappa shape index (κ2) is 4.76. The zero-order valence-corrected chi connectivity index (χ0v) is 11.2. The molecule has 2 aromatic carbocycles. The fourth-order valence-corrected chi connectivity index (χ4v) is 2.41. The zero-order valence-electron chi connectivity index (χ0n) is 11.2. The Morgan fingerprint density at radius 3 is 2.16 bits per heavy atom. The third-order valence-electron chi connectivity index (χ3n) is 3.35. The van der Waals surface area contributed by atoms with Gasteiger partial charge in [0.25, 0.3) is 0 Å². The Morgan fingerprint density at radius 1 is 1.05 bits per heavy atom. The van der Waals surface area contributed by atoms with E-state index < -0.39 is 5.97 Å². The molecule has 0 radical (unpaired) electrons. The van der Waals surface area contributed by atoms with Crippen LogP contribution in [0.3, 0.4) is 0 Å². The Bertz CT molecular complexity index is 634. The number of aromatic carboxylic acids is 1. The first kappa shape index (κ1) is 13.1. The number of aryl methyl sites for hydroxylation is 2. The van der Waals surface area contributed by atoms with Gasteiger partial charge in [-0.05, 0) is 66.8 Å². The predicted octanol–water partition coefficient (Wildman–Crippen LogP) is 3.68. The van der Waals surface area contributed by atoms with Crippen molar-refractivity contribution >= 4 is 5.97 Å². The number of aromatic hydroxyl groups is 1. The molecular formula is C16H16O3. The molecule has 0 spiro atoms. The van der Waals surface area contributed by atoms with E-state index in [9.17, 15) is 9.90 Å². The summed E-state index contributed by atoms with van der Waals surface area (Å²) >= 11 is 0. The Kier molecular flexibility index (Phi) is 3.30. The molecule has 0 fully saturated rings. The van der Waals surface area contributed by atoms with E-state index in [4.69, 9.17) is 5.11 Å². The molecule has 0 bridgehead atoms. The van der Waals surface area contributed by atoms with Gasteiger partial charge in [-0.15, -0.1) is 0 Å². The molecule has 0 aliphatic rings. The summed E-state index contributed by atoms with van der Waals surface area (Å²) in [6.45, 7) is 5.63. The zero-order chi connectivity index (χ0) is 14.2. The number of phenols is 1. The Balaban J connectivity index is 2.70. The number of carboxylic acid groups (broad SMARTS) is 1. The third-order valence-corrected chi connectivity index (χ3v) is 3.35. The van der Waals surface area contributed by atoms with E-state index in [2.05, 4.69) is 0 Å². The molecule has 0 aromatic heterocycles. The van der Waals surface area contributed by atoms with Gasteiger partial charge in [0.2, 0.25) is 0 Å². The lowest BCUT2D eigenvalue weighted by Crippen LogP contribution is -2.00. The summed E-state index contributed by atoms with van der Waals surface area (Å²) in [6, 6.07) is 8.70. The number of phenolic OH excluding ortho intramolecular Hbond substituents is 1. The summed E-state index contributed by atoms with van der Waals surface area (Å²) in [4.78, 5) is 11.0. The van der Waals surface area contributed by atoms with Crippen LogP contribution < -0.4 is 0 Å². The number of carbonyl (C=O) groups is 1. The van der Waals surface area contributed by atoms with Crippen molar-refractivity contribution in [2.24, 2.45) is 0 Å². The summed E-state index contributed by atoms with van der Waals surface area (Å²) in [5.74, 6) is -0.677. The summed E-state index contributed by atoms with van der Waals surface area (Å²) in [7, 11) is 0. The van der Waals surface area contributed by atoms with Crippen LogP contribution >= 0.6 is 0 Å². The second-order valence-corrected chi connectivity index (χ2v) is 4.74. The predicted molar refractivity (Wildman–Crippen MR) is 74.7 cm³/mol. The fourth-order valence-electron chi connectivity index (χ4n) is 2.41. The van der Waals surface area contributed by atoms with Gasteiger partial charge >= 0.3 is 5.97 Å². The van der Waals surface area contributed by atoms with Crippen molar-refractivity contribution in [2.45, 2.75) is 20.8 Å². The summed E-state index contributed by atoms with van der Waals surface area (Å²) in [5, 5.41) is 18.8. The van der Waals surface area contributed by atoms with Crippen molar-refractivity contribution < 1.29 is 15.0 Å². The first-order valence-electron chi connectivity index (χ1n) is 6.05. The molecule has 2 rings (SSSR count). The number of hydrogen-bond acceptors (Lipinski definition) is 2. The van der Waals surface area contributed by atoms with E-state index >= 15 is 0 Å². The normalized spacial score (nSPS) is 10.5. The SMILES string of the molecule is Cc1cc(C(=O)O)cc(C)c1-c1cccc(O)c1C. The van der Waals surface area contributed by atoms with E-state index in [1.54, 1.807) is 24.3 Å². The van der Waals surface area contributed by atoms with Crippen molar-refractivity contribution in [2.75, 3.05) is 0 Å². The molecule has 0 saturated carbocycles. The summed E-state index contributed by atoms with van der Waals surface area (Å²) in [6.07, 6.45) is 0. The maximum Gasteiger partial charge on any atom is 0.335 e. The lowest BCUT2D eigenvalue weighted by atomic mass is 9.91. The molecule has 2 N–H and O–H groups in total. The largest absolute Gasteiger partial charge is 0.508 e. The van der Waals surface area contributed by atoms with Crippen LogP contribution in [-0.2, 0) is 0 Å². The van der Waals surface area contributed by atoms with Crippen LogP contribution in [0.1, 0.15) is 27.0 Å². The van der Waals surface area contributed by atoms with Gasteiger partial charge in [0.15, 0.2) is 0 Å². The highest BCUT2D eigenvalue weighted by Gasteiger charge is 2.13. The van der Waals surface area contributed by atoms with Crippen LogP contribution in [0.15, 0.2) is 30.3 Å². The minimum atomic E-state index is -0.926. The molecule has 0 aliphatic carbocycles. The molecule has 98 valence electrons. The van der Waals surface area contributed by atoms with Gasteiger partial charge in [0.1, 0.15) is 5.75 Å². The van der Waals surface area contributed by atoms with Crippen molar-refractivity contribution in [3.63, 3.8) is 0 Å². The van der Waals surface area contributed by atoms with Crippen molar-refractivity contribution in [3.8, 4) is 16.9 Å². The van der Waals surface area contributed by atoms with Crippen molar-refractivity contribution in [1.29, 1.82) is 0 Å².